The summed E-state index contributed by atoms with van der Waals surface area (Å²) in [5.41, 5.74) is 5.89. The number of rotatable bonds is 0. The molecular formula is C7H13Br2N. The summed E-state index contributed by atoms with van der Waals surface area (Å²) < 4.78 is 0. The van der Waals surface area contributed by atoms with E-state index in [1.165, 1.54) is 12.8 Å². The first-order valence-corrected chi connectivity index (χ1v) is 5.48. The van der Waals surface area contributed by atoms with Crippen molar-refractivity contribution in [3.8, 4) is 0 Å². The maximum atomic E-state index is 5.89. The molecule has 60 valence electrons. The van der Waals surface area contributed by atoms with Gasteiger partial charge in [0, 0.05) is 15.7 Å². The van der Waals surface area contributed by atoms with Gasteiger partial charge in [-0.05, 0) is 18.8 Å². The monoisotopic (exact) mass is 269 g/mol. The quantitative estimate of drug-likeness (QED) is 0.672. The topological polar surface area (TPSA) is 26.0 Å². The van der Waals surface area contributed by atoms with E-state index in [0.29, 0.717) is 9.65 Å². The Balaban J connectivity index is 2.49. The zero-order valence-corrected chi connectivity index (χ0v) is 9.23. The molecule has 2 unspecified atom stereocenters. The predicted molar refractivity (Wildman–Crippen MR) is 51.8 cm³/mol. The van der Waals surface area contributed by atoms with Crippen molar-refractivity contribution in [2.75, 3.05) is 0 Å². The van der Waals surface area contributed by atoms with E-state index in [4.69, 9.17) is 5.73 Å². The molecule has 1 aliphatic carbocycles. The molecule has 0 spiro atoms. The number of halogens is 2. The fourth-order valence-corrected chi connectivity index (χ4v) is 3.83. The second-order valence-corrected chi connectivity index (χ2v) is 5.54. The summed E-state index contributed by atoms with van der Waals surface area (Å²) in [5.74, 6) is 0.800. The Morgan fingerprint density at radius 1 is 1.20 bits per heavy atom. The number of hydrogen-bond donors (Lipinski definition) is 1. The van der Waals surface area contributed by atoms with E-state index in [-0.39, 0.29) is 6.04 Å². The summed E-state index contributed by atoms with van der Waals surface area (Å²) in [5, 5.41) is 0. The van der Waals surface area contributed by atoms with Crippen LogP contribution in [0.25, 0.3) is 0 Å². The molecule has 3 heteroatoms. The molecule has 1 nitrogen and oxygen atoms in total. The van der Waals surface area contributed by atoms with Gasteiger partial charge >= 0.3 is 0 Å². The lowest BCUT2D eigenvalue weighted by molar-refractivity contribution is 0.375. The van der Waals surface area contributed by atoms with Crippen LogP contribution in [0.2, 0.25) is 0 Å². The van der Waals surface area contributed by atoms with E-state index in [0.717, 1.165) is 5.92 Å². The molecular weight excluding hydrogens is 258 g/mol. The Morgan fingerprint density at radius 3 is 2.00 bits per heavy atom. The highest BCUT2D eigenvalue weighted by Crippen LogP contribution is 2.31. The van der Waals surface area contributed by atoms with Gasteiger partial charge in [0.2, 0.25) is 0 Å². The zero-order chi connectivity index (χ0) is 7.72. The average Bonchev–Trinajstić information content (AvgIpc) is 1.82. The first-order valence-electron chi connectivity index (χ1n) is 3.65. The molecule has 0 aromatic rings. The highest BCUT2D eigenvalue weighted by Gasteiger charge is 2.30. The number of nitrogens with two attached hydrogens (primary N) is 1. The van der Waals surface area contributed by atoms with Crippen molar-refractivity contribution >= 4 is 31.9 Å². The first kappa shape index (κ1) is 9.01. The lowest BCUT2D eigenvalue weighted by Crippen LogP contribution is -2.44. The molecule has 0 bridgehead atoms. The Labute approximate surface area is 79.0 Å². The van der Waals surface area contributed by atoms with Gasteiger partial charge in [0.05, 0.1) is 0 Å². The third-order valence-electron chi connectivity index (χ3n) is 2.09. The van der Waals surface area contributed by atoms with Crippen LogP contribution in [0.3, 0.4) is 0 Å². The molecule has 1 saturated carbocycles. The molecule has 0 heterocycles. The van der Waals surface area contributed by atoms with Gasteiger partial charge in [-0.1, -0.05) is 38.8 Å². The molecule has 0 aromatic heterocycles. The summed E-state index contributed by atoms with van der Waals surface area (Å²) in [6.07, 6.45) is 2.42. The second-order valence-electron chi connectivity index (χ2n) is 3.19. The van der Waals surface area contributed by atoms with Crippen LogP contribution >= 0.6 is 31.9 Å². The van der Waals surface area contributed by atoms with Gasteiger partial charge in [0.25, 0.3) is 0 Å². The minimum absolute atomic E-state index is 0.288. The van der Waals surface area contributed by atoms with Crippen molar-refractivity contribution in [3.05, 3.63) is 0 Å². The summed E-state index contributed by atoms with van der Waals surface area (Å²) >= 11 is 7.16. The normalized spacial score (nSPS) is 49.2. The lowest BCUT2D eigenvalue weighted by Gasteiger charge is -2.32. The van der Waals surface area contributed by atoms with Crippen molar-refractivity contribution < 1.29 is 0 Å². The first-order chi connectivity index (χ1) is 4.61. The SMILES string of the molecule is CC1CC(Br)C(N)C(Br)C1. The minimum atomic E-state index is 0.288. The summed E-state index contributed by atoms with van der Waals surface area (Å²) in [6.45, 7) is 2.27. The van der Waals surface area contributed by atoms with Crippen LogP contribution in [-0.2, 0) is 0 Å². The maximum Gasteiger partial charge on any atom is 0.0310 e. The summed E-state index contributed by atoms with van der Waals surface area (Å²) in [7, 11) is 0. The summed E-state index contributed by atoms with van der Waals surface area (Å²) in [6, 6.07) is 0.288. The molecule has 0 aliphatic heterocycles. The van der Waals surface area contributed by atoms with Gasteiger partial charge in [-0.2, -0.15) is 0 Å². The summed E-state index contributed by atoms with van der Waals surface area (Å²) in [4.78, 5) is 1.00. The smallest absolute Gasteiger partial charge is 0.0310 e. The third kappa shape index (κ3) is 1.95. The number of alkyl halides is 2. The molecule has 1 aliphatic rings. The van der Waals surface area contributed by atoms with E-state index < -0.39 is 0 Å². The van der Waals surface area contributed by atoms with Gasteiger partial charge < -0.3 is 5.73 Å². The van der Waals surface area contributed by atoms with Gasteiger partial charge in [0.1, 0.15) is 0 Å². The van der Waals surface area contributed by atoms with Crippen LogP contribution in [0.15, 0.2) is 0 Å². The van der Waals surface area contributed by atoms with Crippen LogP contribution in [0.1, 0.15) is 19.8 Å². The molecule has 0 saturated heterocycles. The van der Waals surface area contributed by atoms with Crippen molar-refractivity contribution in [1.82, 2.24) is 0 Å². The Hall–Kier alpha value is 0.920. The third-order valence-corrected chi connectivity index (χ3v) is 4.06. The van der Waals surface area contributed by atoms with E-state index in [9.17, 15) is 0 Å². The maximum absolute atomic E-state index is 5.89. The largest absolute Gasteiger partial charge is 0.326 e. The van der Waals surface area contributed by atoms with Crippen molar-refractivity contribution in [2.45, 2.75) is 35.5 Å². The standard InChI is InChI=1S/C7H13Br2N/c1-4-2-5(8)7(10)6(9)3-4/h4-7H,2-3,10H2,1H3. The van der Waals surface area contributed by atoms with Crippen molar-refractivity contribution in [1.29, 1.82) is 0 Å². The van der Waals surface area contributed by atoms with Crippen molar-refractivity contribution in [2.24, 2.45) is 11.7 Å². The highest BCUT2D eigenvalue weighted by molar-refractivity contribution is 9.10. The van der Waals surface area contributed by atoms with Crippen LogP contribution in [0.4, 0.5) is 0 Å². The van der Waals surface area contributed by atoms with Gasteiger partial charge in [-0.15, -0.1) is 0 Å². The van der Waals surface area contributed by atoms with Crippen LogP contribution in [-0.4, -0.2) is 15.7 Å². The van der Waals surface area contributed by atoms with E-state index in [1.807, 2.05) is 0 Å². The molecule has 2 atom stereocenters. The molecule has 0 aromatic carbocycles. The Kier molecular flexibility index (Phi) is 3.20. The van der Waals surface area contributed by atoms with Crippen LogP contribution < -0.4 is 5.73 Å². The van der Waals surface area contributed by atoms with E-state index in [1.54, 1.807) is 0 Å². The lowest BCUT2D eigenvalue weighted by atomic mass is 9.88. The molecule has 2 N–H and O–H groups in total. The minimum Gasteiger partial charge on any atom is -0.326 e. The zero-order valence-electron chi connectivity index (χ0n) is 6.06. The molecule has 1 rings (SSSR count). The number of hydrogen-bond acceptors (Lipinski definition) is 1. The fourth-order valence-electron chi connectivity index (χ4n) is 1.41. The van der Waals surface area contributed by atoms with E-state index >= 15 is 0 Å². The van der Waals surface area contributed by atoms with Crippen LogP contribution in [0, 0.1) is 5.92 Å². The van der Waals surface area contributed by atoms with Gasteiger partial charge in [-0.25, -0.2) is 0 Å². The van der Waals surface area contributed by atoms with Gasteiger partial charge in [-0.3, -0.25) is 0 Å². The fraction of sp³-hybridized carbons (Fsp3) is 1.00. The molecule has 0 radical (unpaired) electrons. The predicted octanol–water partition coefficient (Wildman–Crippen LogP) is 2.27. The molecule has 10 heavy (non-hydrogen) atoms. The van der Waals surface area contributed by atoms with E-state index in [2.05, 4.69) is 38.8 Å². The van der Waals surface area contributed by atoms with Gasteiger partial charge in [0.15, 0.2) is 0 Å². The molecule has 1 fully saturated rings. The second kappa shape index (κ2) is 3.55. The van der Waals surface area contributed by atoms with Crippen LogP contribution in [0.5, 0.6) is 0 Å². The van der Waals surface area contributed by atoms with Crippen molar-refractivity contribution in [3.63, 3.8) is 0 Å². The average molecular weight is 271 g/mol. The highest BCUT2D eigenvalue weighted by atomic mass is 79.9. The Morgan fingerprint density at radius 2 is 1.60 bits per heavy atom. The Bertz CT molecular complexity index is 106. The molecule has 0 amide bonds.